The van der Waals surface area contributed by atoms with Gasteiger partial charge in [0.25, 0.3) is 5.69 Å². The molecule has 1 heterocycles. The fraction of sp³-hybridized carbons (Fsp3) is 0.182. The summed E-state index contributed by atoms with van der Waals surface area (Å²) in [6.07, 6.45) is 0.710. The summed E-state index contributed by atoms with van der Waals surface area (Å²) < 4.78 is 4.93. The number of methoxy groups -OCH3 is 1. The fourth-order valence-electron chi connectivity index (χ4n) is 3.29. The van der Waals surface area contributed by atoms with Gasteiger partial charge in [-0.3, -0.25) is 10.1 Å². The van der Waals surface area contributed by atoms with Crippen LogP contribution in [0.1, 0.15) is 27.7 Å². The van der Waals surface area contributed by atoms with Crippen molar-refractivity contribution >= 4 is 51.0 Å². The zero-order valence-electron chi connectivity index (χ0n) is 17.2. The molecule has 160 valence electrons. The first kappa shape index (κ1) is 22.4. The number of nitrogens with zero attached hydrogens (tertiary/aromatic N) is 1. The molecule has 0 radical (unpaired) electrons. The first-order valence-corrected chi connectivity index (χ1v) is 10.7. The molecule has 2 N–H and O–H groups in total. The first-order valence-electron chi connectivity index (χ1n) is 9.48. The van der Waals surface area contributed by atoms with Crippen molar-refractivity contribution in [2.75, 3.05) is 17.7 Å². The third kappa shape index (κ3) is 4.89. The van der Waals surface area contributed by atoms with E-state index in [1.54, 1.807) is 42.5 Å². The third-order valence-corrected chi connectivity index (χ3v) is 6.00. The van der Waals surface area contributed by atoms with Crippen molar-refractivity contribution in [2.24, 2.45) is 0 Å². The molecule has 3 aromatic rings. The van der Waals surface area contributed by atoms with Gasteiger partial charge in [0.05, 0.1) is 23.2 Å². The summed E-state index contributed by atoms with van der Waals surface area (Å²) in [6, 6.07) is 13.8. The summed E-state index contributed by atoms with van der Waals surface area (Å²) in [4.78, 5) is 24.1. The topological polar surface area (TPSA) is 93.5 Å². The van der Waals surface area contributed by atoms with E-state index >= 15 is 0 Å². The van der Waals surface area contributed by atoms with Crippen LogP contribution in [0.5, 0.6) is 0 Å². The first-order chi connectivity index (χ1) is 14.8. The van der Waals surface area contributed by atoms with E-state index in [1.807, 2.05) is 13.8 Å². The Balaban J connectivity index is 1.77. The number of hydrogen-bond acceptors (Lipinski definition) is 6. The average molecular weight is 456 g/mol. The molecule has 31 heavy (non-hydrogen) atoms. The quantitative estimate of drug-likeness (QED) is 0.210. The summed E-state index contributed by atoms with van der Waals surface area (Å²) in [5, 5.41) is 18.4. The Morgan fingerprint density at radius 1 is 1.16 bits per heavy atom. The molecule has 7 nitrogen and oxygen atoms in total. The minimum absolute atomic E-state index is 0.0514. The Labute approximate surface area is 189 Å². The predicted molar refractivity (Wildman–Crippen MR) is 128 cm³/mol. The SMILES string of the molecule is CCc1c(C)sc(NC(=S)Nc2ccc(-c3ccccc3[N+](=O)[O-])cc2)c1C(=O)OC. The standard InChI is InChI=1S/C22H21N3O4S2/c1-4-16-13(2)31-20(19(16)21(26)29-3)24-22(30)23-15-11-9-14(10-12-15)17-7-5-6-8-18(17)25(27)28/h5-12H,4H2,1-3H3,(H2,23,24,30). The van der Waals surface area contributed by atoms with Gasteiger partial charge in [-0.1, -0.05) is 31.2 Å². The molecule has 2 aromatic carbocycles. The van der Waals surface area contributed by atoms with Crippen LogP contribution < -0.4 is 10.6 Å². The lowest BCUT2D eigenvalue weighted by atomic mass is 10.0. The van der Waals surface area contributed by atoms with E-state index in [-0.39, 0.29) is 5.69 Å². The normalized spacial score (nSPS) is 10.4. The van der Waals surface area contributed by atoms with Gasteiger partial charge in [0.2, 0.25) is 0 Å². The van der Waals surface area contributed by atoms with E-state index in [9.17, 15) is 14.9 Å². The van der Waals surface area contributed by atoms with Gasteiger partial charge in [-0.25, -0.2) is 4.79 Å². The Bertz CT molecular complexity index is 1140. The van der Waals surface area contributed by atoms with Crippen LogP contribution in [-0.2, 0) is 11.2 Å². The molecule has 0 aliphatic heterocycles. The van der Waals surface area contributed by atoms with Crippen LogP contribution in [0.2, 0.25) is 0 Å². The van der Waals surface area contributed by atoms with E-state index in [2.05, 4.69) is 10.6 Å². The third-order valence-electron chi connectivity index (χ3n) is 4.73. The van der Waals surface area contributed by atoms with Crippen LogP contribution in [0, 0.1) is 17.0 Å². The van der Waals surface area contributed by atoms with E-state index < -0.39 is 10.9 Å². The number of para-hydroxylation sites is 1. The van der Waals surface area contributed by atoms with E-state index in [0.717, 1.165) is 16.0 Å². The number of hydrogen-bond donors (Lipinski definition) is 2. The maximum absolute atomic E-state index is 12.2. The number of thiophene rings is 1. The molecule has 0 saturated heterocycles. The van der Waals surface area contributed by atoms with E-state index in [1.165, 1.54) is 24.5 Å². The number of nitro groups is 1. The van der Waals surface area contributed by atoms with Crippen LogP contribution in [0.3, 0.4) is 0 Å². The molecule has 0 atom stereocenters. The van der Waals surface area contributed by atoms with Crippen molar-refractivity contribution in [3.05, 3.63) is 74.6 Å². The van der Waals surface area contributed by atoms with Gasteiger partial charge in [-0.2, -0.15) is 0 Å². The van der Waals surface area contributed by atoms with Crippen molar-refractivity contribution in [3.8, 4) is 11.1 Å². The fourth-order valence-corrected chi connectivity index (χ4v) is 4.71. The number of ether oxygens (including phenoxy) is 1. The van der Waals surface area contributed by atoms with Crippen molar-refractivity contribution in [3.63, 3.8) is 0 Å². The van der Waals surface area contributed by atoms with Crippen molar-refractivity contribution in [1.29, 1.82) is 0 Å². The maximum Gasteiger partial charge on any atom is 0.341 e. The Hall–Kier alpha value is -3.30. The summed E-state index contributed by atoms with van der Waals surface area (Å²) in [5.74, 6) is -0.402. The highest BCUT2D eigenvalue weighted by molar-refractivity contribution is 7.80. The molecule has 0 spiro atoms. The zero-order valence-corrected chi connectivity index (χ0v) is 18.9. The molecule has 0 fully saturated rings. The highest BCUT2D eigenvalue weighted by Crippen LogP contribution is 2.34. The number of thiocarbonyl (C=S) groups is 1. The van der Waals surface area contributed by atoms with Crippen LogP contribution in [0.4, 0.5) is 16.4 Å². The second kappa shape index (κ2) is 9.67. The molecule has 1 aromatic heterocycles. The summed E-state index contributed by atoms with van der Waals surface area (Å²) in [6.45, 7) is 3.94. The van der Waals surface area contributed by atoms with E-state index in [4.69, 9.17) is 17.0 Å². The molecular formula is C22H21N3O4S2. The van der Waals surface area contributed by atoms with Crippen molar-refractivity contribution < 1.29 is 14.5 Å². The van der Waals surface area contributed by atoms with Crippen LogP contribution in [-0.4, -0.2) is 23.1 Å². The Kier molecular flexibility index (Phi) is 6.98. The molecular weight excluding hydrogens is 434 g/mol. The van der Waals surface area contributed by atoms with Gasteiger partial charge in [-0.15, -0.1) is 11.3 Å². The van der Waals surface area contributed by atoms with Crippen LogP contribution >= 0.6 is 23.6 Å². The zero-order chi connectivity index (χ0) is 22.5. The lowest BCUT2D eigenvalue weighted by molar-refractivity contribution is -0.384. The lowest BCUT2D eigenvalue weighted by Gasteiger charge is -2.11. The number of rotatable bonds is 6. The number of carbonyl (C=O) groups is 1. The summed E-state index contributed by atoms with van der Waals surface area (Å²) in [7, 11) is 1.35. The molecule has 0 amide bonds. The number of nitro benzene ring substituents is 1. The van der Waals surface area contributed by atoms with Gasteiger partial charge in [0.1, 0.15) is 5.00 Å². The smallest absolute Gasteiger partial charge is 0.341 e. The Morgan fingerprint density at radius 3 is 2.45 bits per heavy atom. The lowest BCUT2D eigenvalue weighted by Crippen LogP contribution is -2.20. The summed E-state index contributed by atoms with van der Waals surface area (Å²) >= 11 is 6.86. The number of esters is 1. The molecule has 0 aliphatic rings. The molecule has 0 bridgehead atoms. The van der Waals surface area contributed by atoms with Crippen molar-refractivity contribution in [1.82, 2.24) is 0 Å². The molecule has 0 aliphatic carbocycles. The summed E-state index contributed by atoms with van der Waals surface area (Å²) in [5.41, 5.74) is 3.48. The van der Waals surface area contributed by atoms with Gasteiger partial charge in [-0.05, 0) is 54.9 Å². The van der Waals surface area contributed by atoms with Gasteiger partial charge >= 0.3 is 5.97 Å². The molecule has 9 heteroatoms. The number of benzene rings is 2. The second-order valence-electron chi connectivity index (χ2n) is 6.62. The van der Waals surface area contributed by atoms with Crippen molar-refractivity contribution in [2.45, 2.75) is 20.3 Å². The number of nitrogens with one attached hydrogen (secondary N) is 2. The molecule has 3 rings (SSSR count). The number of aryl methyl sites for hydroxylation is 1. The Morgan fingerprint density at radius 2 is 1.84 bits per heavy atom. The molecule has 0 unspecified atom stereocenters. The number of carbonyl (C=O) groups excluding carboxylic acids is 1. The van der Waals surface area contributed by atoms with Gasteiger partial charge in [0.15, 0.2) is 5.11 Å². The highest BCUT2D eigenvalue weighted by Gasteiger charge is 2.22. The maximum atomic E-state index is 12.2. The monoisotopic (exact) mass is 455 g/mol. The van der Waals surface area contributed by atoms with Gasteiger partial charge in [0, 0.05) is 16.6 Å². The average Bonchev–Trinajstić information content (AvgIpc) is 3.08. The van der Waals surface area contributed by atoms with Crippen LogP contribution in [0.25, 0.3) is 11.1 Å². The van der Waals surface area contributed by atoms with E-state index in [0.29, 0.717) is 33.3 Å². The predicted octanol–water partition coefficient (Wildman–Crippen LogP) is 5.79. The highest BCUT2D eigenvalue weighted by atomic mass is 32.1. The van der Waals surface area contributed by atoms with Crippen LogP contribution in [0.15, 0.2) is 48.5 Å². The second-order valence-corrected chi connectivity index (χ2v) is 8.25. The molecule has 0 saturated carbocycles. The number of anilines is 2. The minimum atomic E-state index is -0.402. The largest absolute Gasteiger partial charge is 0.465 e. The minimum Gasteiger partial charge on any atom is -0.465 e. The van der Waals surface area contributed by atoms with Gasteiger partial charge < -0.3 is 15.4 Å².